The molecule has 78 valence electrons. The van der Waals surface area contributed by atoms with E-state index in [0.29, 0.717) is 12.8 Å². The molecule has 0 bridgehead atoms. The van der Waals surface area contributed by atoms with Crippen LogP contribution < -0.4 is 5.32 Å². The van der Waals surface area contributed by atoms with Gasteiger partial charge in [-0.05, 0) is 24.6 Å². The number of hydrogen-bond acceptors (Lipinski definition) is 2. The summed E-state index contributed by atoms with van der Waals surface area (Å²) in [7, 11) is 0. The minimum absolute atomic E-state index is 0.118. The van der Waals surface area contributed by atoms with E-state index in [1.807, 2.05) is 13.0 Å². The van der Waals surface area contributed by atoms with Crippen LogP contribution in [0.15, 0.2) is 18.2 Å². The predicted molar refractivity (Wildman–Crippen MR) is 54.7 cm³/mol. The van der Waals surface area contributed by atoms with Crippen molar-refractivity contribution < 1.29 is 9.18 Å². The van der Waals surface area contributed by atoms with E-state index in [1.54, 1.807) is 0 Å². The Labute approximate surface area is 87.5 Å². The summed E-state index contributed by atoms with van der Waals surface area (Å²) in [6.07, 6.45) is 1.07. The van der Waals surface area contributed by atoms with E-state index in [0.717, 1.165) is 6.07 Å². The topological polar surface area (TPSA) is 52.9 Å². The van der Waals surface area contributed by atoms with Crippen LogP contribution in [0.1, 0.15) is 25.3 Å². The van der Waals surface area contributed by atoms with Crippen LogP contribution in [-0.2, 0) is 4.79 Å². The highest BCUT2D eigenvalue weighted by molar-refractivity contribution is 5.90. The molecule has 1 amide bonds. The first-order valence-corrected chi connectivity index (χ1v) is 4.67. The number of amides is 1. The summed E-state index contributed by atoms with van der Waals surface area (Å²) < 4.78 is 13.3. The summed E-state index contributed by atoms with van der Waals surface area (Å²) >= 11 is 0. The number of benzene rings is 1. The zero-order valence-electron chi connectivity index (χ0n) is 8.38. The molecular formula is C11H11FN2O. The molecule has 4 heteroatoms. The fourth-order valence-electron chi connectivity index (χ4n) is 1.13. The van der Waals surface area contributed by atoms with Crippen molar-refractivity contribution in [3.05, 3.63) is 29.6 Å². The van der Waals surface area contributed by atoms with Gasteiger partial charge in [-0.3, -0.25) is 4.79 Å². The van der Waals surface area contributed by atoms with Gasteiger partial charge in [0.2, 0.25) is 5.91 Å². The second-order valence-electron chi connectivity index (χ2n) is 3.10. The molecule has 0 heterocycles. The molecule has 1 aromatic carbocycles. The molecule has 0 saturated carbocycles. The van der Waals surface area contributed by atoms with Crippen LogP contribution in [-0.4, -0.2) is 5.91 Å². The molecular weight excluding hydrogens is 195 g/mol. The maximum atomic E-state index is 13.3. The Morgan fingerprint density at radius 1 is 1.60 bits per heavy atom. The average molecular weight is 206 g/mol. The summed E-state index contributed by atoms with van der Waals surface area (Å²) in [4.78, 5) is 11.2. The maximum absolute atomic E-state index is 13.3. The van der Waals surface area contributed by atoms with Gasteiger partial charge in [0.25, 0.3) is 0 Å². The van der Waals surface area contributed by atoms with Crippen molar-refractivity contribution >= 4 is 11.6 Å². The van der Waals surface area contributed by atoms with Gasteiger partial charge in [0.05, 0.1) is 17.3 Å². The molecule has 0 spiro atoms. The van der Waals surface area contributed by atoms with Crippen LogP contribution in [0.2, 0.25) is 0 Å². The van der Waals surface area contributed by atoms with Gasteiger partial charge in [0.15, 0.2) is 0 Å². The molecule has 1 N–H and O–H groups in total. The third-order valence-corrected chi connectivity index (χ3v) is 1.85. The Balaban J connectivity index is 2.79. The van der Waals surface area contributed by atoms with Gasteiger partial charge in [-0.2, -0.15) is 5.26 Å². The number of anilines is 1. The highest BCUT2D eigenvalue weighted by Crippen LogP contribution is 2.15. The molecule has 0 radical (unpaired) electrons. The molecule has 0 unspecified atom stereocenters. The molecule has 1 aromatic rings. The van der Waals surface area contributed by atoms with Crippen LogP contribution in [0.25, 0.3) is 0 Å². The summed E-state index contributed by atoms with van der Waals surface area (Å²) in [6, 6.07) is 5.77. The third-order valence-electron chi connectivity index (χ3n) is 1.85. The number of nitrogens with zero attached hydrogens (tertiary/aromatic N) is 1. The lowest BCUT2D eigenvalue weighted by Gasteiger charge is -2.05. The van der Waals surface area contributed by atoms with Crippen LogP contribution >= 0.6 is 0 Å². The number of halogens is 1. The van der Waals surface area contributed by atoms with E-state index in [9.17, 15) is 9.18 Å². The van der Waals surface area contributed by atoms with Crippen molar-refractivity contribution in [1.29, 1.82) is 5.26 Å². The van der Waals surface area contributed by atoms with Crippen molar-refractivity contribution in [3.63, 3.8) is 0 Å². The van der Waals surface area contributed by atoms with Crippen LogP contribution in [0.4, 0.5) is 10.1 Å². The first kappa shape index (κ1) is 11.2. The van der Waals surface area contributed by atoms with E-state index in [2.05, 4.69) is 5.32 Å². The molecule has 0 saturated heterocycles. The van der Waals surface area contributed by atoms with E-state index in [4.69, 9.17) is 5.26 Å². The SMILES string of the molecule is CCCC(=O)Nc1ccc(C#N)cc1F. The van der Waals surface area contributed by atoms with Crippen LogP contribution in [0.5, 0.6) is 0 Å². The highest BCUT2D eigenvalue weighted by atomic mass is 19.1. The van der Waals surface area contributed by atoms with Gasteiger partial charge < -0.3 is 5.32 Å². The maximum Gasteiger partial charge on any atom is 0.224 e. The number of hydrogen-bond donors (Lipinski definition) is 1. The highest BCUT2D eigenvalue weighted by Gasteiger charge is 2.06. The minimum atomic E-state index is -0.585. The smallest absolute Gasteiger partial charge is 0.224 e. The quantitative estimate of drug-likeness (QED) is 0.825. The lowest BCUT2D eigenvalue weighted by atomic mass is 10.2. The van der Waals surface area contributed by atoms with Crippen LogP contribution in [0, 0.1) is 17.1 Å². The van der Waals surface area contributed by atoms with Gasteiger partial charge in [0.1, 0.15) is 5.82 Å². The monoisotopic (exact) mass is 206 g/mol. The van der Waals surface area contributed by atoms with E-state index in [-0.39, 0.29) is 17.2 Å². The van der Waals surface area contributed by atoms with Crippen molar-refractivity contribution in [3.8, 4) is 6.07 Å². The van der Waals surface area contributed by atoms with Crippen LogP contribution in [0.3, 0.4) is 0 Å². The lowest BCUT2D eigenvalue weighted by molar-refractivity contribution is -0.116. The fraction of sp³-hybridized carbons (Fsp3) is 0.273. The van der Waals surface area contributed by atoms with Gasteiger partial charge in [0, 0.05) is 6.42 Å². The Hall–Kier alpha value is -1.89. The molecule has 0 aliphatic carbocycles. The Morgan fingerprint density at radius 3 is 2.87 bits per heavy atom. The van der Waals surface area contributed by atoms with E-state index >= 15 is 0 Å². The molecule has 0 atom stereocenters. The first-order valence-electron chi connectivity index (χ1n) is 4.67. The Kier molecular flexibility index (Phi) is 3.81. The lowest BCUT2D eigenvalue weighted by Crippen LogP contribution is -2.11. The molecule has 1 rings (SSSR count). The van der Waals surface area contributed by atoms with Gasteiger partial charge in [-0.25, -0.2) is 4.39 Å². The number of nitrogens with one attached hydrogen (secondary N) is 1. The summed E-state index contributed by atoms with van der Waals surface area (Å²) in [5, 5.41) is 11.0. The normalized spacial score (nSPS) is 9.40. The van der Waals surface area contributed by atoms with E-state index in [1.165, 1.54) is 12.1 Å². The molecule has 15 heavy (non-hydrogen) atoms. The van der Waals surface area contributed by atoms with Gasteiger partial charge in [-0.1, -0.05) is 6.92 Å². The Bertz CT molecular complexity index is 410. The molecule has 0 aromatic heterocycles. The number of carbonyl (C=O) groups is 1. The summed E-state index contributed by atoms with van der Waals surface area (Å²) in [6.45, 7) is 1.87. The second kappa shape index (κ2) is 5.11. The molecule has 3 nitrogen and oxygen atoms in total. The first-order chi connectivity index (χ1) is 7.17. The molecule has 0 fully saturated rings. The summed E-state index contributed by atoms with van der Waals surface area (Å²) in [5.74, 6) is -0.806. The Morgan fingerprint density at radius 2 is 2.33 bits per heavy atom. The minimum Gasteiger partial charge on any atom is -0.324 e. The summed E-state index contributed by atoms with van der Waals surface area (Å²) in [5.41, 5.74) is 0.355. The standard InChI is InChI=1S/C11H11FN2O/c1-2-3-11(15)14-10-5-4-8(7-13)6-9(10)12/h4-6H,2-3H2,1H3,(H,14,15). The number of carbonyl (C=O) groups excluding carboxylic acids is 1. The number of nitriles is 1. The predicted octanol–water partition coefficient (Wildman–Crippen LogP) is 2.44. The number of rotatable bonds is 3. The zero-order valence-corrected chi connectivity index (χ0v) is 8.38. The van der Waals surface area contributed by atoms with Crippen molar-refractivity contribution in [2.45, 2.75) is 19.8 Å². The average Bonchev–Trinajstić information content (AvgIpc) is 2.21. The largest absolute Gasteiger partial charge is 0.324 e. The van der Waals surface area contributed by atoms with Crippen molar-refractivity contribution in [2.24, 2.45) is 0 Å². The zero-order chi connectivity index (χ0) is 11.3. The fourth-order valence-corrected chi connectivity index (χ4v) is 1.13. The third kappa shape index (κ3) is 3.06. The van der Waals surface area contributed by atoms with Gasteiger partial charge in [-0.15, -0.1) is 0 Å². The van der Waals surface area contributed by atoms with Crippen molar-refractivity contribution in [1.82, 2.24) is 0 Å². The molecule has 0 aliphatic heterocycles. The van der Waals surface area contributed by atoms with Gasteiger partial charge >= 0.3 is 0 Å². The second-order valence-corrected chi connectivity index (χ2v) is 3.10. The van der Waals surface area contributed by atoms with E-state index < -0.39 is 5.82 Å². The van der Waals surface area contributed by atoms with Crippen molar-refractivity contribution in [2.75, 3.05) is 5.32 Å². The molecule has 0 aliphatic rings.